The summed E-state index contributed by atoms with van der Waals surface area (Å²) in [7, 11) is 0. The number of carbonyl (C=O) groups is 1. The Balaban J connectivity index is 1.36. The highest BCUT2D eigenvalue weighted by atomic mass is 16.5. The molecule has 2 heterocycles. The Labute approximate surface area is 207 Å². The maximum atomic E-state index is 13.0. The second-order valence-electron chi connectivity index (χ2n) is 8.55. The van der Waals surface area contributed by atoms with E-state index in [1.807, 2.05) is 68.4 Å². The highest BCUT2D eigenvalue weighted by molar-refractivity contribution is 6.05. The van der Waals surface area contributed by atoms with Crippen LogP contribution in [0.15, 0.2) is 102 Å². The van der Waals surface area contributed by atoms with Gasteiger partial charge in [0.1, 0.15) is 28.6 Å². The zero-order valence-corrected chi connectivity index (χ0v) is 19.9. The summed E-state index contributed by atoms with van der Waals surface area (Å²) in [6, 6.07) is 28.8. The fraction of sp³-hybridized carbons (Fsp3) is 0.103. The Kier molecular flexibility index (Phi) is 6.28. The van der Waals surface area contributed by atoms with Crippen LogP contribution in [0.2, 0.25) is 0 Å². The summed E-state index contributed by atoms with van der Waals surface area (Å²) in [6.07, 6.45) is 0.0547. The largest absolute Gasteiger partial charge is 0.491 e. The number of pyridine rings is 1. The van der Waals surface area contributed by atoms with E-state index in [4.69, 9.17) is 9.47 Å². The average Bonchev–Trinajstić information content (AvgIpc) is 3.31. The number of para-hydroxylation sites is 1. The predicted octanol–water partition coefficient (Wildman–Crippen LogP) is 6.15. The molecule has 1 amide bonds. The molecule has 3 aromatic carbocycles. The van der Waals surface area contributed by atoms with Crippen molar-refractivity contribution in [1.82, 2.24) is 9.55 Å². The van der Waals surface area contributed by atoms with Gasteiger partial charge in [-0.25, -0.2) is 0 Å². The molecule has 0 atom stereocenters. The number of carbonyl (C=O) groups excluding carboxylic acids is 1. The quantitative estimate of drug-likeness (QED) is 0.293. The van der Waals surface area contributed by atoms with Crippen LogP contribution in [0.5, 0.6) is 17.2 Å². The van der Waals surface area contributed by atoms with Crippen molar-refractivity contribution in [1.29, 1.82) is 0 Å². The van der Waals surface area contributed by atoms with Crippen molar-refractivity contribution in [3.8, 4) is 22.9 Å². The van der Waals surface area contributed by atoms with Crippen LogP contribution in [0.3, 0.4) is 0 Å². The molecule has 0 fully saturated rings. The van der Waals surface area contributed by atoms with Gasteiger partial charge in [0.15, 0.2) is 0 Å². The molecule has 0 aliphatic rings. The van der Waals surface area contributed by atoms with E-state index in [0.717, 1.165) is 16.9 Å². The van der Waals surface area contributed by atoms with Gasteiger partial charge in [-0.3, -0.25) is 14.2 Å². The maximum Gasteiger partial charge on any atom is 0.272 e. The minimum atomic E-state index is -0.317. The molecule has 0 bridgehead atoms. The van der Waals surface area contributed by atoms with Gasteiger partial charge in [-0.15, -0.1) is 0 Å². The standard InChI is InChI=1S/C29H25N3O4/c1-19(2)35-24-15-11-22(12-16-24)32-27(33)17-8-20-18-26(31-28(20)32)29(34)30-21-9-13-25(14-10-21)36-23-6-4-3-5-7-23/h3-19,31H,1-2H3,(H,30,34). The zero-order chi connectivity index (χ0) is 25.1. The lowest BCUT2D eigenvalue weighted by Crippen LogP contribution is -2.17. The molecule has 0 aliphatic heterocycles. The molecule has 0 unspecified atom stereocenters. The third-order valence-corrected chi connectivity index (χ3v) is 5.48. The molecular weight excluding hydrogens is 454 g/mol. The maximum absolute atomic E-state index is 13.0. The molecule has 180 valence electrons. The number of nitrogens with one attached hydrogen (secondary N) is 2. The van der Waals surface area contributed by atoms with E-state index >= 15 is 0 Å². The summed E-state index contributed by atoms with van der Waals surface area (Å²) >= 11 is 0. The molecule has 5 aromatic rings. The highest BCUT2D eigenvalue weighted by Crippen LogP contribution is 2.24. The topological polar surface area (TPSA) is 85.3 Å². The SMILES string of the molecule is CC(C)Oc1ccc(-n2c(=O)ccc3cc(C(=O)Nc4ccc(Oc5ccccc5)cc4)[nH]c32)cc1. The predicted molar refractivity (Wildman–Crippen MR) is 141 cm³/mol. The number of rotatable bonds is 7. The number of ether oxygens (including phenoxy) is 2. The Bertz CT molecular complexity index is 1550. The Morgan fingerprint density at radius 3 is 2.19 bits per heavy atom. The van der Waals surface area contributed by atoms with Crippen molar-refractivity contribution in [2.75, 3.05) is 5.32 Å². The van der Waals surface area contributed by atoms with Gasteiger partial charge in [0.25, 0.3) is 11.5 Å². The van der Waals surface area contributed by atoms with Crippen molar-refractivity contribution < 1.29 is 14.3 Å². The van der Waals surface area contributed by atoms with E-state index < -0.39 is 0 Å². The molecule has 0 saturated carbocycles. The molecule has 2 N–H and O–H groups in total. The monoisotopic (exact) mass is 479 g/mol. The zero-order valence-electron chi connectivity index (χ0n) is 19.9. The number of fused-ring (bicyclic) bond motifs is 1. The van der Waals surface area contributed by atoms with Crippen molar-refractivity contribution in [2.45, 2.75) is 20.0 Å². The normalized spacial score (nSPS) is 11.0. The number of aromatic nitrogens is 2. The number of hydrogen-bond acceptors (Lipinski definition) is 4. The van der Waals surface area contributed by atoms with Crippen LogP contribution in [0.25, 0.3) is 16.7 Å². The first-order valence-electron chi connectivity index (χ1n) is 11.6. The lowest BCUT2D eigenvalue weighted by Gasteiger charge is -2.11. The smallest absolute Gasteiger partial charge is 0.272 e. The fourth-order valence-corrected chi connectivity index (χ4v) is 3.87. The molecule has 7 heteroatoms. The number of benzene rings is 3. The lowest BCUT2D eigenvalue weighted by molar-refractivity contribution is 0.102. The van der Waals surface area contributed by atoms with Gasteiger partial charge in [-0.2, -0.15) is 0 Å². The van der Waals surface area contributed by atoms with Gasteiger partial charge >= 0.3 is 0 Å². The number of amides is 1. The number of H-pyrrole nitrogens is 1. The first-order valence-corrected chi connectivity index (χ1v) is 11.6. The molecule has 36 heavy (non-hydrogen) atoms. The number of hydrogen-bond donors (Lipinski definition) is 2. The van der Waals surface area contributed by atoms with Crippen LogP contribution in [0.1, 0.15) is 24.3 Å². The molecule has 0 saturated heterocycles. The molecule has 0 aliphatic carbocycles. The van der Waals surface area contributed by atoms with E-state index in [-0.39, 0.29) is 17.6 Å². The molecule has 0 spiro atoms. The fourth-order valence-electron chi connectivity index (χ4n) is 3.87. The Morgan fingerprint density at radius 2 is 1.50 bits per heavy atom. The van der Waals surface area contributed by atoms with E-state index in [2.05, 4.69) is 10.3 Å². The summed E-state index contributed by atoms with van der Waals surface area (Å²) in [6.45, 7) is 3.91. The minimum absolute atomic E-state index is 0.0547. The summed E-state index contributed by atoms with van der Waals surface area (Å²) in [5.74, 6) is 1.81. The molecular formula is C29H25N3O4. The van der Waals surface area contributed by atoms with E-state index in [9.17, 15) is 9.59 Å². The van der Waals surface area contributed by atoms with Crippen LogP contribution in [-0.4, -0.2) is 21.6 Å². The van der Waals surface area contributed by atoms with E-state index in [0.29, 0.717) is 28.5 Å². The van der Waals surface area contributed by atoms with E-state index in [1.165, 1.54) is 6.07 Å². The second kappa shape index (κ2) is 9.84. The number of aromatic amines is 1. The van der Waals surface area contributed by atoms with Gasteiger partial charge in [-0.1, -0.05) is 18.2 Å². The minimum Gasteiger partial charge on any atom is -0.491 e. The van der Waals surface area contributed by atoms with Crippen molar-refractivity contribution in [2.24, 2.45) is 0 Å². The third-order valence-electron chi connectivity index (χ3n) is 5.48. The summed E-state index contributed by atoms with van der Waals surface area (Å²) in [4.78, 5) is 28.8. The molecule has 5 rings (SSSR count). The highest BCUT2D eigenvalue weighted by Gasteiger charge is 2.14. The average molecular weight is 480 g/mol. The van der Waals surface area contributed by atoms with Crippen molar-refractivity contribution in [3.63, 3.8) is 0 Å². The second-order valence-corrected chi connectivity index (χ2v) is 8.55. The molecule has 2 aromatic heterocycles. The summed E-state index contributed by atoms with van der Waals surface area (Å²) in [5.41, 5.74) is 1.97. The van der Waals surface area contributed by atoms with Gasteiger partial charge in [0, 0.05) is 17.1 Å². The van der Waals surface area contributed by atoms with Gasteiger partial charge in [-0.05, 0) is 86.6 Å². The number of anilines is 1. The van der Waals surface area contributed by atoms with Crippen LogP contribution >= 0.6 is 0 Å². The Hall–Kier alpha value is -4.78. The molecule has 7 nitrogen and oxygen atoms in total. The van der Waals surface area contributed by atoms with Crippen molar-refractivity contribution in [3.05, 3.63) is 113 Å². The summed E-state index contributed by atoms with van der Waals surface area (Å²) < 4.78 is 13.0. The van der Waals surface area contributed by atoms with E-state index in [1.54, 1.807) is 41.0 Å². The van der Waals surface area contributed by atoms with Gasteiger partial charge < -0.3 is 19.8 Å². The van der Waals surface area contributed by atoms with Crippen LogP contribution < -0.4 is 20.3 Å². The first-order chi connectivity index (χ1) is 17.5. The van der Waals surface area contributed by atoms with Gasteiger partial charge in [0.05, 0.1) is 11.8 Å². The summed E-state index contributed by atoms with van der Waals surface area (Å²) in [5, 5.41) is 3.62. The number of nitrogens with zero attached hydrogens (tertiary/aromatic N) is 1. The van der Waals surface area contributed by atoms with Gasteiger partial charge in [0.2, 0.25) is 0 Å². The molecule has 0 radical (unpaired) electrons. The van der Waals surface area contributed by atoms with Crippen LogP contribution in [0.4, 0.5) is 5.69 Å². The lowest BCUT2D eigenvalue weighted by atomic mass is 10.2. The first kappa shape index (κ1) is 23.0. The third kappa shape index (κ3) is 5.00. The Morgan fingerprint density at radius 1 is 0.833 bits per heavy atom. The van der Waals surface area contributed by atoms with Crippen LogP contribution in [-0.2, 0) is 0 Å². The van der Waals surface area contributed by atoms with Crippen molar-refractivity contribution >= 4 is 22.6 Å². The van der Waals surface area contributed by atoms with Crippen LogP contribution in [0, 0.1) is 0 Å².